The Kier molecular flexibility index (Phi) is 3.60. The van der Waals surface area contributed by atoms with Gasteiger partial charge in [0.2, 0.25) is 5.76 Å². The van der Waals surface area contributed by atoms with Crippen molar-refractivity contribution >= 4 is 17.2 Å². The molecule has 3 aromatic rings. The first kappa shape index (κ1) is 12.6. The van der Waals surface area contributed by atoms with Crippen LogP contribution in [0.2, 0.25) is 0 Å². The molecule has 0 bridgehead atoms. The Morgan fingerprint density at radius 1 is 1.25 bits per heavy atom. The molecule has 1 amide bonds. The molecule has 0 aliphatic heterocycles. The minimum atomic E-state index is -0.261. The van der Waals surface area contributed by atoms with Gasteiger partial charge in [0.15, 0.2) is 0 Å². The quantitative estimate of drug-likeness (QED) is 0.799. The summed E-state index contributed by atoms with van der Waals surface area (Å²) in [6, 6.07) is 11.6. The number of aromatic nitrogens is 1. The van der Waals surface area contributed by atoms with E-state index in [1.807, 2.05) is 23.6 Å². The van der Waals surface area contributed by atoms with E-state index in [9.17, 15) is 4.79 Å². The lowest BCUT2D eigenvalue weighted by molar-refractivity contribution is 0.0914. The molecule has 0 spiro atoms. The lowest BCUT2D eigenvalue weighted by Gasteiger charge is -2.08. The fourth-order valence-electron chi connectivity index (χ4n) is 1.97. The van der Waals surface area contributed by atoms with Crippen molar-refractivity contribution in [3.8, 4) is 11.1 Å². The number of carbonyl (C=O) groups is 1. The minimum absolute atomic E-state index is 0.220. The summed E-state index contributed by atoms with van der Waals surface area (Å²) in [5.74, 6) is -0.0411. The third-order valence-electron chi connectivity index (χ3n) is 2.95. The van der Waals surface area contributed by atoms with Gasteiger partial charge in [-0.05, 0) is 33.5 Å². The normalized spacial score (nSPS) is 10.4. The molecule has 20 heavy (non-hydrogen) atoms. The average Bonchev–Trinajstić information content (AvgIpc) is 3.17. The van der Waals surface area contributed by atoms with Crippen LogP contribution in [0.25, 0.3) is 11.1 Å². The molecule has 0 saturated carbocycles. The number of amides is 1. The number of nitrogens with zero attached hydrogens (tertiary/aromatic N) is 1. The van der Waals surface area contributed by atoms with E-state index in [0.29, 0.717) is 6.54 Å². The third kappa shape index (κ3) is 2.62. The van der Waals surface area contributed by atoms with Gasteiger partial charge in [-0.15, -0.1) is 0 Å². The maximum absolute atomic E-state index is 11.8. The molecule has 0 aliphatic carbocycles. The fraction of sp³-hybridized carbons (Fsp3) is 0.0667. The van der Waals surface area contributed by atoms with Crippen LogP contribution in [0.3, 0.4) is 0 Å². The molecule has 4 nitrogen and oxygen atoms in total. The molecule has 1 N–H and O–H groups in total. The van der Waals surface area contributed by atoms with E-state index >= 15 is 0 Å². The summed E-state index contributed by atoms with van der Waals surface area (Å²) >= 11 is 1.65. The molecule has 0 aliphatic rings. The number of carbonyl (C=O) groups excluding carboxylic acids is 1. The zero-order valence-electron chi connectivity index (χ0n) is 10.6. The van der Waals surface area contributed by atoms with Gasteiger partial charge in [0.25, 0.3) is 5.91 Å². The zero-order valence-corrected chi connectivity index (χ0v) is 11.4. The lowest BCUT2D eigenvalue weighted by Crippen LogP contribution is -2.22. The SMILES string of the molecule is O=C(NCc1ccccc1-c1ccsc1)c1ccno1. The highest BCUT2D eigenvalue weighted by molar-refractivity contribution is 7.08. The Bertz CT molecular complexity index is 691. The van der Waals surface area contributed by atoms with Crippen molar-refractivity contribution in [2.45, 2.75) is 6.54 Å². The van der Waals surface area contributed by atoms with Gasteiger partial charge in [0.05, 0.1) is 6.20 Å². The van der Waals surface area contributed by atoms with Gasteiger partial charge in [-0.1, -0.05) is 29.4 Å². The average molecular weight is 284 g/mol. The molecular weight excluding hydrogens is 272 g/mol. The van der Waals surface area contributed by atoms with Crippen molar-refractivity contribution in [2.24, 2.45) is 0 Å². The van der Waals surface area contributed by atoms with Crippen molar-refractivity contribution in [3.63, 3.8) is 0 Å². The first-order valence-electron chi connectivity index (χ1n) is 6.14. The monoisotopic (exact) mass is 284 g/mol. The van der Waals surface area contributed by atoms with E-state index in [2.05, 4.69) is 28.0 Å². The molecule has 2 aromatic heterocycles. The van der Waals surface area contributed by atoms with E-state index in [1.165, 1.54) is 11.8 Å². The third-order valence-corrected chi connectivity index (χ3v) is 3.63. The Balaban J connectivity index is 1.77. The molecule has 0 unspecified atom stereocenters. The van der Waals surface area contributed by atoms with Crippen LogP contribution in [-0.4, -0.2) is 11.1 Å². The Morgan fingerprint density at radius 2 is 2.15 bits per heavy atom. The molecule has 1 aromatic carbocycles. The molecule has 0 atom stereocenters. The second kappa shape index (κ2) is 5.71. The highest BCUT2D eigenvalue weighted by Crippen LogP contribution is 2.25. The van der Waals surface area contributed by atoms with Crippen LogP contribution < -0.4 is 5.32 Å². The molecule has 0 saturated heterocycles. The van der Waals surface area contributed by atoms with Crippen LogP contribution in [0.5, 0.6) is 0 Å². The van der Waals surface area contributed by atoms with Crippen LogP contribution in [0.1, 0.15) is 16.1 Å². The number of nitrogens with one attached hydrogen (secondary N) is 1. The number of hydrogen-bond acceptors (Lipinski definition) is 4. The number of rotatable bonds is 4. The van der Waals surface area contributed by atoms with Crippen LogP contribution in [0, 0.1) is 0 Å². The van der Waals surface area contributed by atoms with Gasteiger partial charge in [-0.3, -0.25) is 4.79 Å². The van der Waals surface area contributed by atoms with Gasteiger partial charge < -0.3 is 9.84 Å². The molecule has 100 valence electrons. The van der Waals surface area contributed by atoms with E-state index < -0.39 is 0 Å². The van der Waals surface area contributed by atoms with Crippen molar-refractivity contribution in [3.05, 3.63) is 64.7 Å². The van der Waals surface area contributed by atoms with E-state index in [1.54, 1.807) is 17.4 Å². The van der Waals surface area contributed by atoms with E-state index in [4.69, 9.17) is 4.52 Å². The number of benzene rings is 1. The zero-order chi connectivity index (χ0) is 13.8. The smallest absolute Gasteiger partial charge is 0.290 e. The Morgan fingerprint density at radius 3 is 2.90 bits per heavy atom. The maximum atomic E-state index is 11.8. The van der Waals surface area contributed by atoms with Crippen LogP contribution in [0.15, 0.2) is 57.9 Å². The molecule has 0 radical (unpaired) electrons. The first-order chi connectivity index (χ1) is 9.84. The molecule has 0 fully saturated rings. The van der Waals surface area contributed by atoms with Crippen LogP contribution >= 0.6 is 11.3 Å². The largest absolute Gasteiger partial charge is 0.351 e. The van der Waals surface area contributed by atoms with Crippen LogP contribution in [0.4, 0.5) is 0 Å². The molecule has 3 rings (SSSR count). The van der Waals surface area contributed by atoms with Gasteiger partial charge >= 0.3 is 0 Å². The summed E-state index contributed by atoms with van der Waals surface area (Å²) < 4.78 is 4.83. The number of hydrogen-bond donors (Lipinski definition) is 1. The van der Waals surface area contributed by atoms with E-state index in [0.717, 1.165) is 11.1 Å². The fourth-order valence-corrected chi connectivity index (χ4v) is 2.63. The van der Waals surface area contributed by atoms with Crippen LogP contribution in [-0.2, 0) is 6.54 Å². The summed E-state index contributed by atoms with van der Waals surface area (Å²) in [6.45, 7) is 0.450. The highest BCUT2D eigenvalue weighted by atomic mass is 32.1. The predicted octanol–water partition coefficient (Wildman–Crippen LogP) is 3.33. The summed E-state index contributed by atoms with van der Waals surface area (Å²) in [5, 5.41) is 10.5. The standard InChI is InChI=1S/C15H12N2O2S/c18-15(14-5-7-17-19-14)16-9-11-3-1-2-4-13(11)12-6-8-20-10-12/h1-8,10H,9H2,(H,16,18). The summed E-state index contributed by atoms with van der Waals surface area (Å²) in [7, 11) is 0. The van der Waals surface area contributed by atoms with E-state index in [-0.39, 0.29) is 11.7 Å². The van der Waals surface area contributed by atoms with Crippen molar-refractivity contribution in [1.82, 2.24) is 10.5 Å². The Hall–Kier alpha value is -2.40. The summed E-state index contributed by atoms with van der Waals surface area (Å²) in [5.41, 5.74) is 3.37. The maximum Gasteiger partial charge on any atom is 0.290 e. The van der Waals surface area contributed by atoms with Crippen molar-refractivity contribution in [2.75, 3.05) is 0 Å². The van der Waals surface area contributed by atoms with Gasteiger partial charge in [0, 0.05) is 12.6 Å². The summed E-state index contributed by atoms with van der Waals surface area (Å²) in [6.07, 6.45) is 1.45. The summed E-state index contributed by atoms with van der Waals surface area (Å²) in [4.78, 5) is 11.8. The number of thiophene rings is 1. The first-order valence-corrected chi connectivity index (χ1v) is 7.08. The predicted molar refractivity (Wildman–Crippen MR) is 77.4 cm³/mol. The lowest BCUT2D eigenvalue weighted by atomic mass is 10.0. The van der Waals surface area contributed by atoms with Gasteiger partial charge in [0.1, 0.15) is 0 Å². The second-order valence-electron chi connectivity index (χ2n) is 4.23. The minimum Gasteiger partial charge on any atom is -0.351 e. The Labute approximate surface area is 120 Å². The van der Waals surface area contributed by atoms with Crippen molar-refractivity contribution in [1.29, 1.82) is 0 Å². The second-order valence-corrected chi connectivity index (χ2v) is 5.01. The topological polar surface area (TPSA) is 55.1 Å². The molecular formula is C15H12N2O2S. The van der Waals surface area contributed by atoms with Crippen molar-refractivity contribution < 1.29 is 9.32 Å². The van der Waals surface area contributed by atoms with Gasteiger partial charge in [-0.25, -0.2) is 0 Å². The van der Waals surface area contributed by atoms with Gasteiger partial charge in [-0.2, -0.15) is 11.3 Å². The molecule has 2 heterocycles. The highest BCUT2D eigenvalue weighted by Gasteiger charge is 2.10. The molecule has 5 heteroatoms.